The lowest BCUT2D eigenvalue weighted by Gasteiger charge is -2.09. The maximum Gasteiger partial charge on any atom is 0.258 e. The van der Waals surface area contributed by atoms with E-state index in [2.05, 4.69) is 21.2 Å². The van der Waals surface area contributed by atoms with E-state index in [1.165, 1.54) is 0 Å². The topological polar surface area (TPSA) is 29.1 Å². The normalized spacial score (nSPS) is 10.3. The van der Waals surface area contributed by atoms with Crippen molar-refractivity contribution in [3.63, 3.8) is 0 Å². The molecule has 2 rings (SSSR count). The maximum absolute atomic E-state index is 13.4. The number of benzene rings is 2. The van der Waals surface area contributed by atoms with Gasteiger partial charge in [-0.05, 0) is 40.2 Å². The van der Waals surface area contributed by atoms with Crippen LogP contribution in [0, 0.1) is 11.6 Å². The van der Waals surface area contributed by atoms with Gasteiger partial charge in [-0.1, -0.05) is 17.7 Å². The molecule has 0 aromatic heterocycles. The molecular weight excluding hydrogens is 340 g/mol. The summed E-state index contributed by atoms with van der Waals surface area (Å²) < 4.78 is 26.7. The quantitative estimate of drug-likeness (QED) is 0.844. The summed E-state index contributed by atoms with van der Waals surface area (Å²) in [5.74, 6) is -2.34. The number of carbonyl (C=O) groups is 1. The van der Waals surface area contributed by atoms with E-state index in [4.69, 9.17) is 11.6 Å². The van der Waals surface area contributed by atoms with Crippen LogP contribution in [0.25, 0.3) is 0 Å². The molecule has 0 aliphatic heterocycles. The minimum atomic E-state index is -0.921. The van der Waals surface area contributed by atoms with Crippen LogP contribution in [0.15, 0.2) is 40.9 Å². The van der Waals surface area contributed by atoms with Crippen molar-refractivity contribution in [2.24, 2.45) is 0 Å². The van der Waals surface area contributed by atoms with E-state index in [-0.39, 0.29) is 5.56 Å². The van der Waals surface area contributed by atoms with Gasteiger partial charge in [0, 0.05) is 6.07 Å². The monoisotopic (exact) mass is 345 g/mol. The molecule has 98 valence electrons. The number of hydrogen-bond donors (Lipinski definition) is 1. The standard InChI is InChI=1S/C13H7BrClF2NO/c14-12-9(15)2-1-3-11(12)18-13(19)8-5-4-7(16)6-10(8)17/h1-6H,(H,18,19). The minimum absolute atomic E-state index is 0.242. The van der Waals surface area contributed by atoms with E-state index in [0.717, 1.165) is 12.1 Å². The van der Waals surface area contributed by atoms with Crippen molar-refractivity contribution in [2.45, 2.75) is 0 Å². The van der Waals surface area contributed by atoms with Gasteiger partial charge >= 0.3 is 0 Å². The van der Waals surface area contributed by atoms with Crippen LogP contribution in [-0.2, 0) is 0 Å². The molecule has 0 bridgehead atoms. The van der Waals surface area contributed by atoms with Crippen LogP contribution in [0.4, 0.5) is 14.5 Å². The highest BCUT2D eigenvalue weighted by Gasteiger charge is 2.14. The Kier molecular flexibility index (Phi) is 4.17. The van der Waals surface area contributed by atoms with Crippen LogP contribution in [-0.4, -0.2) is 5.91 Å². The van der Waals surface area contributed by atoms with E-state index in [1.54, 1.807) is 18.2 Å². The van der Waals surface area contributed by atoms with Crippen molar-refractivity contribution in [1.29, 1.82) is 0 Å². The van der Waals surface area contributed by atoms with Crippen molar-refractivity contribution >= 4 is 39.1 Å². The van der Waals surface area contributed by atoms with Crippen LogP contribution < -0.4 is 5.32 Å². The van der Waals surface area contributed by atoms with Crippen LogP contribution in [0.1, 0.15) is 10.4 Å². The van der Waals surface area contributed by atoms with Gasteiger partial charge in [0.15, 0.2) is 0 Å². The highest BCUT2D eigenvalue weighted by molar-refractivity contribution is 9.10. The summed E-state index contributed by atoms with van der Waals surface area (Å²) in [5.41, 5.74) is 0.162. The van der Waals surface area contributed by atoms with E-state index in [0.29, 0.717) is 21.2 Å². The van der Waals surface area contributed by atoms with Crippen LogP contribution >= 0.6 is 27.5 Å². The summed E-state index contributed by atoms with van der Waals surface area (Å²) in [5, 5.41) is 2.91. The first-order valence-electron chi connectivity index (χ1n) is 5.19. The van der Waals surface area contributed by atoms with Gasteiger partial charge in [0.2, 0.25) is 0 Å². The number of halogens is 4. The SMILES string of the molecule is O=C(Nc1cccc(Cl)c1Br)c1ccc(F)cc1F. The second-order valence-electron chi connectivity index (χ2n) is 3.68. The Morgan fingerprint density at radius 2 is 1.95 bits per heavy atom. The predicted molar refractivity (Wildman–Crippen MR) is 73.5 cm³/mol. The molecule has 0 heterocycles. The zero-order chi connectivity index (χ0) is 14.0. The molecule has 0 fully saturated rings. The molecule has 0 saturated heterocycles. The fraction of sp³-hybridized carbons (Fsp3) is 0. The Balaban J connectivity index is 2.28. The molecule has 0 aliphatic rings. The molecule has 0 unspecified atom stereocenters. The van der Waals surface area contributed by atoms with Crippen molar-refractivity contribution in [2.75, 3.05) is 5.32 Å². The van der Waals surface area contributed by atoms with Gasteiger partial charge in [-0.3, -0.25) is 4.79 Å². The van der Waals surface area contributed by atoms with Gasteiger partial charge in [-0.25, -0.2) is 8.78 Å². The zero-order valence-corrected chi connectivity index (χ0v) is 11.7. The Morgan fingerprint density at radius 1 is 1.21 bits per heavy atom. The summed E-state index contributed by atoms with van der Waals surface area (Å²) in [6.07, 6.45) is 0. The lowest BCUT2D eigenvalue weighted by molar-refractivity contribution is 0.102. The average Bonchev–Trinajstić information content (AvgIpc) is 2.34. The second kappa shape index (κ2) is 5.67. The summed E-state index contributed by atoms with van der Waals surface area (Å²) in [4.78, 5) is 11.9. The molecule has 1 N–H and O–H groups in total. The number of carbonyl (C=O) groups excluding carboxylic acids is 1. The van der Waals surface area contributed by atoms with Gasteiger partial charge in [0.25, 0.3) is 5.91 Å². The van der Waals surface area contributed by atoms with Crippen molar-refractivity contribution in [1.82, 2.24) is 0 Å². The first-order valence-corrected chi connectivity index (χ1v) is 6.36. The van der Waals surface area contributed by atoms with Gasteiger partial charge in [-0.15, -0.1) is 0 Å². The Morgan fingerprint density at radius 3 is 2.63 bits per heavy atom. The summed E-state index contributed by atoms with van der Waals surface area (Å²) >= 11 is 9.08. The summed E-state index contributed by atoms with van der Waals surface area (Å²) in [6, 6.07) is 7.64. The second-order valence-corrected chi connectivity index (χ2v) is 4.88. The fourth-order valence-electron chi connectivity index (χ4n) is 1.46. The molecule has 0 atom stereocenters. The lowest BCUT2D eigenvalue weighted by Crippen LogP contribution is -2.14. The van der Waals surface area contributed by atoms with E-state index in [1.807, 2.05) is 0 Å². The van der Waals surface area contributed by atoms with Crippen LogP contribution in [0.3, 0.4) is 0 Å². The fourth-order valence-corrected chi connectivity index (χ4v) is 2.00. The Bertz CT molecular complexity index is 649. The van der Waals surface area contributed by atoms with Crippen molar-refractivity contribution in [3.8, 4) is 0 Å². The number of rotatable bonds is 2. The minimum Gasteiger partial charge on any atom is -0.321 e. The third kappa shape index (κ3) is 3.11. The first kappa shape index (κ1) is 14.0. The molecule has 6 heteroatoms. The molecule has 0 saturated carbocycles. The zero-order valence-electron chi connectivity index (χ0n) is 9.38. The molecule has 2 nitrogen and oxygen atoms in total. The molecule has 2 aromatic carbocycles. The van der Waals surface area contributed by atoms with E-state index < -0.39 is 17.5 Å². The largest absolute Gasteiger partial charge is 0.321 e. The highest BCUT2D eigenvalue weighted by atomic mass is 79.9. The number of hydrogen-bond acceptors (Lipinski definition) is 1. The summed E-state index contributed by atoms with van der Waals surface area (Å²) in [6.45, 7) is 0. The maximum atomic E-state index is 13.4. The molecule has 0 spiro atoms. The van der Waals surface area contributed by atoms with E-state index in [9.17, 15) is 13.6 Å². The van der Waals surface area contributed by atoms with Crippen molar-refractivity contribution in [3.05, 3.63) is 63.1 Å². The van der Waals surface area contributed by atoms with Crippen molar-refractivity contribution < 1.29 is 13.6 Å². The number of nitrogens with one attached hydrogen (secondary N) is 1. The smallest absolute Gasteiger partial charge is 0.258 e. The first-order chi connectivity index (χ1) is 8.99. The highest BCUT2D eigenvalue weighted by Crippen LogP contribution is 2.30. The number of amides is 1. The third-order valence-electron chi connectivity index (χ3n) is 2.38. The third-order valence-corrected chi connectivity index (χ3v) is 3.77. The molecule has 0 aliphatic carbocycles. The van der Waals surface area contributed by atoms with Crippen LogP contribution in [0.2, 0.25) is 5.02 Å². The molecular formula is C13H7BrClF2NO. The molecule has 0 radical (unpaired) electrons. The Hall–Kier alpha value is -1.46. The van der Waals surface area contributed by atoms with E-state index >= 15 is 0 Å². The molecule has 19 heavy (non-hydrogen) atoms. The van der Waals surface area contributed by atoms with Gasteiger partial charge in [0.05, 0.1) is 20.7 Å². The van der Waals surface area contributed by atoms with Crippen LogP contribution in [0.5, 0.6) is 0 Å². The molecule has 1 amide bonds. The summed E-state index contributed by atoms with van der Waals surface area (Å²) in [7, 11) is 0. The predicted octanol–water partition coefficient (Wildman–Crippen LogP) is 4.63. The molecule has 2 aromatic rings. The lowest BCUT2D eigenvalue weighted by atomic mass is 10.2. The Labute approximate surface area is 121 Å². The average molecular weight is 347 g/mol. The number of anilines is 1. The van der Waals surface area contributed by atoms with Gasteiger partial charge in [-0.2, -0.15) is 0 Å². The van der Waals surface area contributed by atoms with Gasteiger partial charge in [0.1, 0.15) is 11.6 Å². The van der Waals surface area contributed by atoms with Gasteiger partial charge < -0.3 is 5.32 Å².